The van der Waals surface area contributed by atoms with Gasteiger partial charge in [-0.15, -0.1) is 0 Å². The zero-order valence-corrected chi connectivity index (χ0v) is 14.1. The van der Waals surface area contributed by atoms with E-state index in [1.54, 1.807) is 18.2 Å². The summed E-state index contributed by atoms with van der Waals surface area (Å²) in [7, 11) is 0. The van der Waals surface area contributed by atoms with E-state index < -0.39 is 0 Å². The zero-order valence-electron chi connectivity index (χ0n) is 11.8. The average molecular weight is 344 g/mol. The highest BCUT2D eigenvalue weighted by Crippen LogP contribution is 2.34. The van der Waals surface area contributed by atoms with E-state index in [0.29, 0.717) is 15.8 Å². The Labute approximate surface area is 140 Å². The Morgan fingerprint density at radius 3 is 2.19 bits per heavy atom. The number of aryl methyl sites for hydroxylation is 1. The van der Waals surface area contributed by atoms with Crippen LogP contribution < -0.4 is 4.74 Å². The Hall–Kier alpha value is -0.890. The van der Waals surface area contributed by atoms with Crippen LogP contribution in [0.25, 0.3) is 0 Å². The van der Waals surface area contributed by atoms with Crippen molar-refractivity contribution in [1.82, 2.24) is 0 Å². The van der Waals surface area contributed by atoms with Gasteiger partial charge in [0.2, 0.25) is 0 Å². The van der Waals surface area contributed by atoms with Crippen LogP contribution >= 0.6 is 34.8 Å². The van der Waals surface area contributed by atoms with E-state index in [-0.39, 0.29) is 0 Å². The number of ether oxygens (including phenoxy) is 1. The third kappa shape index (κ3) is 4.81. The molecule has 0 bridgehead atoms. The first kappa shape index (κ1) is 16.5. The van der Waals surface area contributed by atoms with Crippen LogP contribution in [0.1, 0.15) is 31.7 Å². The number of hydrogen-bond acceptors (Lipinski definition) is 1. The minimum absolute atomic E-state index is 0.497. The van der Waals surface area contributed by atoms with Crippen molar-refractivity contribution in [1.29, 1.82) is 0 Å². The molecule has 0 fully saturated rings. The summed E-state index contributed by atoms with van der Waals surface area (Å²) in [6.45, 7) is 2.18. The highest BCUT2D eigenvalue weighted by Gasteiger charge is 2.09. The van der Waals surface area contributed by atoms with E-state index in [1.165, 1.54) is 12.8 Å². The molecule has 2 aromatic rings. The van der Waals surface area contributed by atoms with E-state index >= 15 is 0 Å². The molecular weight excluding hydrogens is 327 g/mol. The average Bonchev–Trinajstić information content (AvgIpc) is 2.44. The lowest BCUT2D eigenvalue weighted by molar-refractivity contribution is 0.475. The van der Waals surface area contributed by atoms with E-state index in [9.17, 15) is 0 Å². The summed E-state index contributed by atoms with van der Waals surface area (Å²) in [6.07, 6.45) is 4.42. The van der Waals surface area contributed by atoms with Gasteiger partial charge in [-0.25, -0.2) is 0 Å². The van der Waals surface area contributed by atoms with Crippen LogP contribution in [-0.4, -0.2) is 0 Å². The third-order valence-corrected chi connectivity index (χ3v) is 3.95. The monoisotopic (exact) mass is 342 g/mol. The molecule has 1 nitrogen and oxygen atoms in total. The molecule has 0 unspecified atom stereocenters. The highest BCUT2D eigenvalue weighted by molar-refractivity contribution is 6.35. The molecule has 2 aromatic carbocycles. The van der Waals surface area contributed by atoms with Crippen LogP contribution in [-0.2, 0) is 6.42 Å². The molecule has 0 atom stereocenters. The van der Waals surface area contributed by atoms with Gasteiger partial charge in [-0.3, -0.25) is 0 Å². The molecule has 0 amide bonds. The summed E-state index contributed by atoms with van der Waals surface area (Å²) in [4.78, 5) is 0. The van der Waals surface area contributed by atoms with Crippen molar-refractivity contribution >= 4 is 34.8 Å². The summed E-state index contributed by atoms with van der Waals surface area (Å²) in [6, 6.07) is 10.9. The topological polar surface area (TPSA) is 9.23 Å². The molecule has 4 heteroatoms. The maximum atomic E-state index is 6.15. The van der Waals surface area contributed by atoms with Gasteiger partial charge in [-0.2, -0.15) is 0 Å². The predicted molar refractivity (Wildman–Crippen MR) is 91.2 cm³/mol. The summed E-state index contributed by atoms with van der Waals surface area (Å²) in [5, 5.41) is 1.81. The molecule has 0 aliphatic rings. The third-order valence-electron chi connectivity index (χ3n) is 3.19. The van der Waals surface area contributed by atoms with E-state index in [2.05, 4.69) is 6.92 Å². The summed E-state index contributed by atoms with van der Waals surface area (Å²) in [5.74, 6) is 1.39. The SMILES string of the molecule is CCCCCc1cc(Cl)ccc1Oc1ccc(Cl)cc1Cl. The van der Waals surface area contributed by atoms with Crippen molar-refractivity contribution in [2.24, 2.45) is 0 Å². The molecule has 2 rings (SSSR count). The molecule has 0 aliphatic carbocycles. The molecule has 0 spiro atoms. The lowest BCUT2D eigenvalue weighted by Gasteiger charge is -2.13. The van der Waals surface area contributed by atoms with Crippen LogP contribution in [0.4, 0.5) is 0 Å². The lowest BCUT2D eigenvalue weighted by Crippen LogP contribution is -1.93. The first-order valence-electron chi connectivity index (χ1n) is 7.01. The second-order valence-electron chi connectivity index (χ2n) is 4.89. The van der Waals surface area contributed by atoms with Gasteiger partial charge in [0.15, 0.2) is 0 Å². The van der Waals surface area contributed by atoms with E-state index in [4.69, 9.17) is 39.5 Å². The van der Waals surface area contributed by atoms with Crippen LogP contribution in [0.3, 0.4) is 0 Å². The fourth-order valence-electron chi connectivity index (χ4n) is 2.08. The van der Waals surface area contributed by atoms with Gasteiger partial charge in [0.1, 0.15) is 11.5 Å². The molecule has 21 heavy (non-hydrogen) atoms. The van der Waals surface area contributed by atoms with Crippen molar-refractivity contribution in [3.05, 3.63) is 57.0 Å². The molecule has 0 radical (unpaired) electrons. The molecule has 0 saturated carbocycles. The van der Waals surface area contributed by atoms with Crippen molar-refractivity contribution in [3.8, 4) is 11.5 Å². The largest absolute Gasteiger partial charge is 0.456 e. The maximum Gasteiger partial charge on any atom is 0.146 e. The number of benzene rings is 2. The van der Waals surface area contributed by atoms with Crippen molar-refractivity contribution in [2.45, 2.75) is 32.6 Å². The van der Waals surface area contributed by atoms with Gasteiger partial charge in [0.05, 0.1) is 5.02 Å². The minimum atomic E-state index is 0.497. The fraction of sp³-hybridized carbons (Fsp3) is 0.294. The van der Waals surface area contributed by atoms with Crippen LogP contribution in [0.15, 0.2) is 36.4 Å². The number of halogens is 3. The molecular formula is C17H17Cl3O. The summed E-state index contributed by atoms with van der Waals surface area (Å²) >= 11 is 18.1. The van der Waals surface area contributed by atoms with Gasteiger partial charge in [-0.1, -0.05) is 54.6 Å². The molecule has 0 N–H and O–H groups in total. The van der Waals surface area contributed by atoms with Crippen LogP contribution in [0, 0.1) is 0 Å². The second-order valence-corrected chi connectivity index (χ2v) is 6.17. The highest BCUT2D eigenvalue weighted by atomic mass is 35.5. The standard InChI is InChI=1S/C17H17Cl3O/c1-2-3-4-5-12-10-13(18)6-8-16(12)21-17-9-7-14(19)11-15(17)20/h6-11H,2-5H2,1H3. The molecule has 0 heterocycles. The van der Waals surface area contributed by atoms with Gasteiger partial charge in [-0.05, 0) is 54.8 Å². The van der Waals surface area contributed by atoms with Crippen LogP contribution in [0.2, 0.25) is 15.1 Å². The Morgan fingerprint density at radius 1 is 0.857 bits per heavy atom. The van der Waals surface area contributed by atoms with Gasteiger partial charge in [0.25, 0.3) is 0 Å². The second kappa shape index (κ2) is 7.93. The zero-order chi connectivity index (χ0) is 15.2. The number of unbranched alkanes of at least 4 members (excludes halogenated alkanes) is 2. The molecule has 0 aromatic heterocycles. The fourth-order valence-corrected chi connectivity index (χ4v) is 2.73. The van der Waals surface area contributed by atoms with E-state index in [0.717, 1.165) is 29.2 Å². The summed E-state index contributed by atoms with van der Waals surface area (Å²) in [5.41, 5.74) is 1.10. The lowest BCUT2D eigenvalue weighted by atomic mass is 10.1. The predicted octanol–water partition coefficient (Wildman–Crippen LogP) is 7.17. The molecule has 112 valence electrons. The number of hydrogen-bond donors (Lipinski definition) is 0. The normalized spacial score (nSPS) is 10.7. The number of rotatable bonds is 6. The Bertz CT molecular complexity index is 611. The Balaban J connectivity index is 2.22. The maximum absolute atomic E-state index is 6.15. The molecule has 0 aliphatic heterocycles. The van der Waals surface area contributed by atoms with Gasteiger partial charge >= 0.3 is 0 Å². The smallest absolute Gasteiger partial charge is 0.146 e. The van der Waals surface area contributed by atoms with Gasteiger partial charge in [0, 0.05) is 10.0 Å². The van der Waals surface area contributed by atoms with Crippen molar-refractivity contribution < 1.29 is 4.74 Å². The first-order chi connectivity index (χ1) is 10.1. The molecule has 0 saturated heterocycles. The van der Waals surface area contributed by atoms with Crippen LogP contribution in [0.5, 0.6) is 11.5 Å². The van der Waals surface area contributed by atoms with Crippen molar-refractivity contribution in [2.75, 3.05) is 0 Å². The van der Waals surface area contributed by atoms with E-state index in [1.807, 2.05) is 18.2 Å². The van der Waals surface area contributed by atoms with Crippen molar-refractivity contribution in [3.63, 3.8) is 0 Å². The first-order valence-corrected chi connectivity index (χ1v) is 8.15. The quantitative estimate of drug-likeness (QED) is 0.505. The Kier molecular flexibility index (Phi) is 6.22. The summed E-state index contributed by atoms with van der Waals surface area (Å²) < 4.78 is 5.93. The minimum Gasteiger partial charge on any atom is -0.456 e. The van der Waals surface area contributed by atoms with Gasteiger partial charge < -0.3 is 4.74 Å². The Morgan fingerprint density at radius 2 is 1.52 bits per heavy atom.